The molecule has 0 radical (unpaired) electrons. The summed E-state index contributed by atoms with van der Waals surface area (Å²) in [6.07, 6.45) is 1.02. The van der Waals surface area contributed by atoms with Crippen molar-refractivity contribution in [3.8, 4) is 0 Å². The van der Waals surface area contributed by atoms with Crippen LogP contribution >= 0.6 is 11.6 Å². The molecule has 0 saturated carbocycles. The molecule has 5 rings (SSSR count). The second-order valence-electron chi connectivity index (χ2n) is 12.1. The highest BCUT2D eigenvalue weighted by Crippen LogP contribution is 2.25. The van der Waals surface area contributed by atoms with Crippen LogP contribution in [0.15, 0.2) is 72.8 Å². The number of nitrogens with zero attached hydrogens (tertiary/aromatic N) is 3. The SMILES string of the molecule is CCN(CC)CC(c1cccc(C)c1)N1CCN(C(=O)[C@@H](Cc2ccc(Cl)cc2)NC(=O)[C@H]2Cc3ccccc3CN2)CC1. The molecule has 44 heavy (non-hydrogen) atoms. The molecule has 2 aliphatic heterocycles. The number of hydrogen-bond acceptors (Lipinski definition) is 5. The van der Waals surface area contributed by atoms with E-state index in [-0.39, 0.29) is 23.9 Å². The molecular weight excluding hydrogens is 570 g/mol. The third kappa shape index (κ3) is 8.07. The minimum absolute atomic E-state index is 0.0278. The maximum atomic E-state index is 14.1. The van der Waals surface area contributed by atoms with Gasteiger partial charge < -0.3 is 20.4 Å². The number of rotatable bonds is 11. The van der Waals surface area contributed by atoms with E-state index in [1.54, 1.807) is 0 Å². The number of piperazine rings is 1. The predicted molar refractivity (Wildman–Crippen MR) is 178 cm³/mol. The van der Waals surface area contributed by atoms with Crippen LogP contribution in [0.5, 0.6) is 0 Å². The van der Waals surface area contributed by atoms with Crippen LogP contribution in [0.1, 0.15) is 47.7 Å². The highest BCUT2D eigenvalue weighted by Gasteiger charge is 2.34. The fourth-order valence-electron chi connectivity index (χ4n) is 6.48. The molecule has 2 N–H and O–H groups in total. The van der Waals surface area contributed by atoms with Gasteiger partial charge in [0.15, 0.2) is 0 Å². The molecule has 0 aromatic heterocycles. The van der Waals surface area contributed by atoms with Crippen molar-refractivity contribution in [2.24, 2.45) is 0 Å². The van der Waals surface area contributed by atoms with Gasteiger partial charge in [-0.15, -0.1) is 0 Å². The molecule has 2 amide bonds. The number of hydrogen-bond donors (Lipinski definition) is 2. The fourth-order valence-corrected chi connectivity index (χ4v) is 6.60. The number of nitrogens with one attached hydrogen (secondary N) is 2. The molecule has 0 bridgehead atoms. The number of fused-ring (bicyclic) bond motifs is 1. The van der Waals surface area contributed by atoms with Crippen LogP contribution in [0.3, 0.4) is 0 Å². The zero-order valence-corrected chi connectivity index (χ0v) is 27.0. The van der Waals surface area contributed by atoms with Crippen LogP contribution in [-0.2, 0) is 29.0 Å². The van der Waals surface area contributed by atoms with E-state index in [0.717, 1.165) is 38.3 Å². The van der Waals surface area contributed by atoms with Crippen LogP contribution in [0.4, 0.5) is 0 Å². The van der Waals surface area contributed by atoms with Crippen molar-refractivity contribution in [3.63, 3.8) is 0 Å². The summed E-state index contributed by atoms with van der Waals surface area (Å²) in [6, 6.07) is 23.8. The Kier molecular flexibility index (Phi) is 11.1. The number of halogens is 1. The first kappa shape index (κ1) is 32.2. The molecule has 234 valence electrons. The Hall–Kier alpha value is -3.23. The average Bonchev–Trinajstić information content (AvgIpc) is 3.05. The van der Waals surface area contributed by atoms with Gasteiger partial charge in [-0.3, -0.25) is 14.5 Å². The third-order valence-electron chi connectivity index (χ3n) is 9.18. The molecule has 3 atom stereocenters. The second-order valence-corrected chi connectivity index (χ2v) is 12.5. The Morgan fingerprint density at radius 2 is 1.66 bits per heavy atom. The van der Waals surface area contributed by atoms with E-state index >= 15 is 0 Å². The molecule has 8 heteroatoms. The van der Waals surface area contributed by atoms with Crippen LogP contribution in [-0.4, -0.2) is 84.4 Å². The maximum absolute atomic E-state index is 14.1. The van der Waals surface area contributed by atoms with E-state index in [2.05, 4.69) is 77.6 Å². The molecule has 2 heterocycles. The van der Waals surface area contributed by atoms with Crippen molar-refractivity contribution >= 4 is 23.4 Å². The molecule has 0 spiro atoms. The molecular formula is C36H46ClN5O2. The molecule has 7 nitrogen and oxygen atoms in total. The minimum Gasteiger partial charge on any atom is -0.343 e. The third-order valence-corrected chi connectivity index (χ3v) is 9.44. The molecule has 1 unspecified atom stereocenters. The van der Waals surface area contributed by atoms with Crippen LogP contribution in [0, 0.1) is 6.92 Å². The van der Waals surface area contributed by atoms with Crippen molar-refractivity contribution in [2.45, 2.75) is 58.3 Å². The van der Waals surface area contributed by atoms with Gasteiger partial charge in [0.2, 0.25) is 11.8 Å². The highest BCUT2D eigenvalue weighted by molar-refractivity contribution is 6.30. The lowest BCUT2D eigenvalue weighted by atomic mass is 9.95. The summed E-state index contributed by atoms with van der Waals surface area (Å²) in [4.78, 5) is 34.6. The topological polar surface area (TPSA) is 67.9 Å². The number of aryl methyl sites for hydroxylation is 1. The van der Waals surface area contributed by atoms with Gasteiger partial charge in [-0.25, -0.2) is 0 Å². The highest BCUT2D eigenvalue weighted by atomic mass is 35.5. The Bertz CT molecular complexity index is 1400. The minimum atomic E-state index is -0.655. The van der Waals surface area contributed by atoms with Crippen molar-refractivity contribution in [1.29, 1.82) is 0 Å². The molecule has 3 aromatic carbocycles. The standard InChI is InChI=1S/C36H46ClN5O2/c1-4-40(5-2)25-34(29-12-8-9-26(3)21-29)41-17-19-42(20-18-41)36(44)33(22-27-13-15-31(37)16-14-27)39-35(43)32-23-28-10-6-7-11-30(28)24-38-32/h6-16,21,32-34,38H,4-5,17-20,22-25H2,1-3H3,(H,39,43)/t32-,33-,34?/m1/s1. The first-order valence-corrected chi connectivity index (χ1v) is 16.4. The van der Waals surface area contributed by atoms with Crippen molar-refractivity contribution < 1.29 is 9.59 Å². The van der Waals surface area contributed by atoms with Gasteiger partial charge in [-0.05, 0) is 60.8 Å². The zero-order valence-electron chi connectivity index (χ0n) is 26.3. The normalized spacial score (nSPS) is 18.5. The van der Waals surface area contributed by atoms with Gasteiger partial charge in [0.25, 0.3) is 0 Å². The van der Waals surface area contributed by atoms with Gasteiger partial charge >= 0.3 is 0 Å². The first-order chi connectivity index (χ1) is 21.3. The smallest absolute Gasteiger partial charge is 0.245 e. The largest absolute Gasteiger partial charge is 0.343 e. The van der Waals surface area contributed by atoms with Crippen molar-refractivity contribution in [2.75, 3.05) is 45.8 Å². The Labute approximate surface area is 267 Å². The maximum Gasteiger partial charge on any atom is 0.245 e. The number of carbonyl (C=O) groups excluding carboxylic acids is 2. The number of carbonyl (C=O) groups is 2. The summed E-state index contributed by atoms with van der Waals surface area (Å²) in [6.45, 7) is 13.0. The lowest BCUT2D eigenvalue weighted by Crippen LogP contribution is -2.58. The van der Waals surface area contributed by atoms with Gasteiger partial charge in [0.05, 0.1) is 6.04 Å². The molecule has 1 saturated heterocycles. The van der Waals surface area contributed by atoms with Crippen molar-refractivity contribution in [3.05, 3.63) is 106 Å². The Morgan fingerprint density at radius 3 is 2.34 bits per heavy atom. The lowest BCUT2D eigenvalue weighted by Gasteiger charge is -2.42. The summed E-state index contributed by atoms with van der Waals surface area (Å²) in [5.41, 5.74) is 5.94. The van der Waals surface area contributed by atoms with E-state index in [9.17, 15) is 9.59 Å². The molecule has 3 aromatic rings. The number of amides is 2. The van der Waals surface area contributed by atoms with Gasteiger partial charge in [-0.2, -0.15) is 0 Å². The monoisotopic (exact) mass is 615 g/mol. The van der Waals surface area contributed by atoms with Crippen LogP contribution in [0.2, 0.25) is 5.02 Å². The summed E-state index contributed by atoms with van der Waals surface area (Å²) in [7, 11) is 0. The number of benzene rings is 3. The first-order valence-electron chi connectivity index (χ1n) is 16.0. The van der Waals surface area contributed by atoms with E-state index in [1.807, 2.05) is 41.3 Å². The number of likely N-dealkylation sites (N-methyl/N-ethyl adjacent to an activating group) is 1. The van der Waals surface area contributed by atoms with Gasteiger partial charge in [0, 0.05) is 56.8 Å². The Morgan fingerprint density at radius 1 is 0.955 bits per heavy atom. The fraction of sp³-hybridized carbons (Fsp3) is 0.444. The average molecular weight is 616 g/mol. The molecule has 1 fully saturated rings. The second kappa shape index (κ2) is 15.2. The van der Waals surface area contributed by atoms with Crippen LogP contribution < -0.4 is 10.6 Å². The molecule has 2 aliphatic rings. The summed E-state index contributed by atoms with van der Waals surface area (Å²) in [5.74, 6) is -0.163. The lowest BCUT2D eigenvalue weighted by molar-refractivity contribution is -0.138. The van der Waals surface area contributed by atoms with E-state index in [4.69, 9.17) is 11.6 Å². The predicted octanol–water partition coefficient (Wildman–Crippen LogP) is 4.62. The van der Waals surface area contributed by atoms with E-state index < -0.39 is 6.04 Å². The van der Waals surface area contributed by atoms with Gasteiger partial charge in [0.1, 0.15) is 6.04 Å². The van der Waals surface area contributed by atoms with Crippen LogP contribution in [0.25, 0.3) is 0 Å². The summed E-state index contributed by atoms with van der Waals surface area (Å²) in [5, 5.41) is 7.16. The van der Waals surface area contributed by atoms with Gasteiger partial charge in [-0.1, -0.05) is 91.7 Å². The Balaban J connectivity index is 1.28. The van der Waals surface area contributed by atoms with E-state index in [1.165, 1.54) is 22.3 Å². The summed E-state index contributed by atoms with van der Waals surface area (Å²) >= 11 is 6.14. The molecule has 0 aliphatic carbocycles. The zero-order chi connectivity index (χ0) is 31.1. The quantitative estimate of drug-likeness (QED) is 0.330. The van der Waals surface area contributed by atoms with E-state index in [0.29, 0.717) is 37.5 Å². The summed E-state index contributed by atoms with van der Waals surface area (Å²) < 4.78 is 0. The van der Waals surface area contributed by atoms with Crippen molar-refractivity contribution in [1.82, 2.24) is 25.3 Å².